The van der Waals surface area contributed by atoms with E-state index in [1.54, 1.807) is 17.7 Å². The molecule has 1 aliphatic rings. The van der Waals surface area contributed by atoms with Gasteiger partial charge >= 0.3 is 0 Å². The Kier molecular flexibility index (Phi) is 4.24. The standard InChI is InChI=1S/C22H22N4S/c1-2-7-17-15-10-6-11-16(15)18-19-20(27-22(18)26-17)21(25-13-24-19)23-12-14-8-4-3-5-9-14/h3-5,8-9,13H,2,6-7,10-12H2,1H3,(H,23,24,25). The molecule has 3 heterocycles. The van der Waals surface area contributed by atoms with Crippen LogP contribution in [0.15, 0.2) is 36.7 Å². The molecule has 0 radical (unpaired) electrons. The van der Waals surface area contributed by atoms with Gasteiger partial charge in [0, 0.05) is 17.6 Å². The first-order valence-electron chi connectivity index (χ1n) is 9.70. The Labute approximate surface area is 162 Å². The fourth-order valence-electron chi connectivity index (χ4n) is 4.13. The Morgan fingerprint density at radius 2 is 1.93 bits per heavy atom. The molecule has 0 atom stereocenters. The molecule has 136 valence electrons. The minimum Gasteiger partial charge on any atom is -0.365 e. The van der Waals surface area contributed by atoms with Gasteiger partial charge in [-0.1, -0.05) is 43.7 Å². The lowest BCUT2D eigenvalue weighted by molar-refractivity contribution is 0.856. The van der Waals surface area contributed by atoms with E-state index in [1.165, 1.54) is 34.2 Å². The molecule has 5 heteroatoms. The number of nitrogens with one attached hydrogen (secondary N) is 1. The van der Waals surface area contributed by atoms with Crippen LogP contribution in [0.3, 0.4) is 0 Å². The minimum atomic E-state index is 0.758. The number of benzene rings is 1. The summed E-state index contributed by atoms with van der Waals surface area (Å²) in [5.41, 5.74) is 6.59. The van der Waals surface area contributed by atoms with Crippen LogP contribution in [0, 0.1) is 0 Å². The predicted octanol–water partition coefficient (Wildman–Crippen LogP) is 5.29. The predicted molar refractivity (Wildman–Crippen MR) is 113 cm³/mol. The maximum atomic E-state index is 5.06. The second-order valence-electron chi connectivity index (χ2n) is 7.14. The average Bonchev–Trinajstić information content (AvgIpc) is 3.32. The molecule has 4 aromatic rings. The van der Waals surface area contributed by atoms with Gasteiger partial charge in [-0.05, 0) is 42.4 Å². The molecule has 0 unspecified atom stereocenters. The molecule has 0 saturated carbocycles. The van der Waals surface area contributed by atoms with Gasteiger partial charge in [0.15, 0.2) is 0 Å². The fourth-order valence-corrected chi connectivity index (χ4v) is 5.27. The summed E-state index contributed by atoms with van der Waals surface area (Å²) in [6.07, 6.45) is 7.43. The Morgan fingerprint density at radius 3 is 2.78 bits per heavy atom. The number of pyridine rings is 1. The molecule has 1 aromatic carbocycles. The van der Waals surface area contributed by atoms with Crippen molar-refractivity contribution in [2.45, 2.75) is 45.6 Å². The van der Waals surface area contributed by atoms with Crippen LogP contribution in [0.25, 0.3) is 20.4 Å². The monoisotopic (exact) mass is 374 g/mol. The zero-order valence-corrected chi connectivity index (χ0v) is 16.3. The lowest BCUT2D eigenvalue weighted by atomic mass is 10.0. The summed E-state index contributed by atoms with van der Waals surface area (Å²) in [6.45, 7) is 2.99. The van der Waals surface area contributed by atoms with Crippen LogP contribution in [0.5, 0.6) is 0 Å². The molecule has 0 spiro atoms. The summed E-state index contributed by atoms with van der Waals surface area (Å²) < 4.78 is 1.12. The van der Waals surface area contributed by atoms with Gasteiger partial charge in [-0.25, -0.2) is 15.0 Å². The molecule has 0 saturated heterocycles. The smallest absolute Gasteiger partial charge is 0.147 e. The molecule has 1 N–H and O–H groups in total. The molecule has 27 heavy (non-hydrogen) atoms. The molecule has 3 aromatic heterocycles. The number of aromatic nitrogens is 3. The third-order valence-electron chi connectivity index (χ3n) is 5.35. The van der Waals surface area contributed by atoms with Crippen LogP contribution in [-0.2, 0) is 25.8 Å². The molecule has 5 rings (SSSR count). The molecule has 0 bridgehead atoms. The van der Waals surface area contributed by atoms with Gasteiger partial charge in [-0.3, -0.25) is 0 Å². The summed E-state index contributed by atoms with van der Waals surface area (Å²) in [4.78, 5) is 15.4. The summed E-state index contributed by atoms with van der Waals surface area (Å²) in [6, 6.07) is 10.4. The van der Waals surface area contributed by atoms with E-state index in [2.05, 4.69) is 46.5 Å². The molecular weight excluding hydrogens is 352 g/mol. The number of rotatable bonds is 5. The summed E-state index contributed by atoms with van der Waals surface area (Å²) in [7, 11) is 0. The maximum Gasteiger partial charge on any atom is 0.147 e. The largest absolute Gasteiger partial charge is 0.365 e. The first kappa shape index (κ1) is 16.6. The number of nitrogens with zero attached hydrogens (tertiary/aromatic N) is 3. The van der Waals surface area contributed by atoms with Crippen LogP contribution in [0.1, 0.15) is 42.1 Å². The van der Waals surface area contributed by atoms with E-state index in [1.807, 2.05) is 6.07 Å². The first-order valence-corrected chi connectivity index (χ1v) is 10.5. The molecule has 1 aliphatic carbocycles. The van der Waals surface area contributed by atoms with Crippen LogP contribution < -0.4 is 5.32 Å². The second-order valence-corrected chi connectivity index (χ2v) is 8.14. The normalized spacial score (nSPS) is 13.4. The van der Waals surface area contributed by atoms with E-state index in [0.29, 0.717) is 0 Å². The maximum absolute atomic E-state index is 5.06. The Bertz CT molecular complexity index is 1120. The van der Waals surface area contributed by atoms with Crippen LogP contribution in [0.4, 0.5) is 5.82 Å². The lowest BCUT2D eigenvalue weighted by Crippen LogP contribution is -2.01. The molecule has 0 amide bonds. The number of anilines is 1. The average molecular weight is 375 g/mol. The molecule has 4 nitrogen and oxygen atoms in total. The van der Waals surface area contributed by atoms with Gasteiger partial charge < -0.3 is 5.32 Å². The lowest BCUT2D eigenvalue weighted by Gasteiger charge is -2.08. The van der Waals surface area contributed by atoms with Crippen molar-refractivity contribution in [3.05, 3.63) is 59.0 Å². The first-order chi connectivity index (χ1) is 13.3. The zero-order chi connectivity index (χ0) is 18.2. The van der Waals surface area contributed by atoms with Gasteiger partial charge in [0.25, 0.3) is 0 Å². The second kappa shape index (κ2) is 6.89. The highest BCUT2D eigenvalue weighted by atomic mass is 32.1. The van der Waals surface area contributed by atoms with E-state index < -0.39 is 0 Å². The van der Waals surface area contributed by atoms with Gasteiger partial charge in [0.1, 0.15) is 17.0 Å². The molecule has 0 aliphatic heterocycles. The van der Waals surface area contributed by atoms with Crippen molar-refractivity contribution in [1.82, 2.24) is 15.0 Å². The highest BCUT2D eigenvalue weighted by Gasteiger charge is 2.23. The number of hydrogen-bond donors (Lipinski definition) is 1. The van der Waals surface area contributed by atoms with Crippen molar-refractivity contribution in [1.29, 1.82) is 0 Å². The van der Waals surface area contributed by atoms with E-state index in [4.69, 9.17) is 4.98 Å². The van der Waals surface area contributed by atoms with Gasteiger partial charge in [0.2, 0.25) is 0 Å². The van der Waals surface area contributed by atoms with Gasteiger partial charge in [-0.2, -0.15) is 0 Å². The highest BCUT2D eigenvalue weighted by Crippen LogP contribution is 2.41. The number of aryl methyl sites for hydroxylation is 2. The topological polar surface area (TPSA) is 50.7 Å². The Hall–Kier alpha value is -2.53. The summed E-state index contributed by atoms with van der Waals surface area (Å²) in [5.74, 6) is 0.913. The van der Waals surface area contributed by atoms with E-state index in [-0.39, 0.29) is 0 Å². The SMILES string of the molecule is CCCc1nc2sc3c(NCc4ccccc4)ncnc3c2c2c1CCC2. The Balaban J connectivity index is 1.62. The molecule has 0 fully saturated rings. The van der Waals surface area contributed by atoms with Crippen molar-refractivity contribution in [2.75, 3.05) is 5.32 Å². The van der Waals surface area contributed by atoms with Crippen LogP contribution in [-0.4, -0.2) is 15.0 Å². The van der Waals surface area contributed by atoms with Crippen molar-refractivity contribution in [3.8, 4) is 0 Å². The fraction of sp³-hybridized carbons (Fsp3) is 0.318. The van der Waals surface area contributed by atoms with Gasteiger partial charge in [-0.15, -0.1) is 11.3 Å². The van der Waals surface area contributed by atoms with E-state index >= 15 is 0 Å². The number of fused-ring (bicyclic) bond motifs is 5. The van der Waals surface area contributed by atoms with Crippen molar-refractivity contribution >= 4 is 37.6 Å². The molecular formula is C22H22N4S. The van der Waals surface area contributed by atoms with E-state index in [0.717, 1.165) is 53.1 Å². The highest BCUT2D eigenvalue weighted by molar-refractivity contribution is 7.26. The van der Waals surface area contributed by atoms with Crippen molar-refractivity contribution in [2.24, 2.45) is 0 Å². The van der Waals surface area contributed by atoms with Crippen LogP contribution >= 0.6 is 11.3 Å². The number of thiophene rings is 1. The van der Waals surface area contributed by atoms with Gasteiger partial charge in [0.05, 0.1) is 10.2 Å². The minimum absolute atomic E-state index is 0.758. The summed E-state index contributed by atoms with van der Waals surface area (Å²) >= 11 is 1.73. The van der Waals surface area contributed by atoms with E-state index in [9.17, 15) is 0 Å². The Morgan fingerprint density at radius 1 is 1.07 bits per heavy atom. The third-order valence-corrected chi connectivity index (χ3v) is 6.43. The number of hydrogen-bond acceptors (Lipinski definition) is 5. The quantitative estimate of drug-likeness (QED) is 0.515. The third kappa shape index (κ3) is 2.86. The van der Waals surface area contributed by atoms with Crippen molar-refractivity contribution < 1.29 is 0 Å². The van der Waals surface area contributed by atoms with Crippen molar-refractivity contribution in [3.63, 3.8) is 0 Å². The summed E-state index contributed by atoms with van der Waals surface area (Å²) in [5, 5.41) is 4.77. The zero-order valence-electron chi connectivity index (χ0n) is 15.5. The van der Waals surface area contributed by atoms with Crippen LogP contribution in [0.2, 0.25) is 0 Å².